The average molecular weight is 387 g/mol. The van der Waals surface area contributed by atoms with Crippen LogP contribution in [0.5, 0.6) is 0 Å². The fraction of sp³-hybridized carbons (Fsp3) is 0.389. The van der Waals surface area contributed by atoms with Crippen molar-refractivity contribution in [2.45, 2.75) is 32.7 Å². The van der Waals surface area contributed by atoms with Gasteiger partial charge in [-0.1, -0.05) is 6.92 Å². The molecule has 28 heavy (non-hydrogen) atoms. The molecule has 4 rings (SSSR count). The number of hydrogen-bond acceptors (Lipinski definition) is 6. The molecule has 0 spiro atoms. The summed E-state index contributed by atoms with van der Waals surface area (Å²) in [6.45, 7) is 4.03. The number of amides is 2. The summed E-state index contributed by atoms with van der Waals surface area (Å²) in [5, 5.41) is 15.3. The molecule has 2 aromatic rings. The van der Waals surface area contributed by atoms with Gasteiger partial charge >= 0.3 is 0 Å². The Morgan fingerprint density at radius 2 is 2.11 bits per heavy atom. The molecule has 1 aromatic carbocycles. The first kappa shape index (κ1) is 18.4. The van der Waals surface area contributed by atoms with Gasteiger partial charge < -0.3 is 10.6 Å². The highest BCUT2D eigenvalue weighted by atomic mass is 19.1. The molecule has 1 aromatic heterocycles. The van der Waals surface area contributed by atoms with Crippen LogP contribution in [0.1, 0.15) is 25.3 Å². The van der Waals surface area contributed by atoms with E-state index >= 15 is 0 Å². The first-order chi connectivity index (χ1) is 13.5. The molecule has 0 radical (unpaired) electrons. The lowest BCUT2D eigenvalue weighted by atomic mass is 10.0. The number of benzene rings is 1. The maximum Gasteiger partial charge on any atom is 0.230 e. The van der Waals surface area contributed by atoms with Gasteiger partial charge in [0.15, 0.2) is 6.29 Å². The Kier molecular flexibility index (Phi) is 4.73. The van der Waals surface area contributed by atoms with E-state index in [1.807, 2.05) is 11.9 Å². The summed E-state index contributed by atoms with van der Waals surface area (Å²) in [5.74, 6) is -0.426. The number of aromatic nitrogens is 2. The van der Waals surface area contributed by atoms with Crippen LogP contribution in [0.3, 0.4) is 0 Å². The molecule has 2 amide bonds. The van der Waals surface area contributed by atoms with Crippen LogP contribution in [0.25, 0.3) is 0 Å². The second-order valence-corrected chi connectivity index (χ2v) is 6.86. The zero-order valence-electron chi connectivity index (χ0n) is 15.6. The van der Waals surface area contributed by atoms with Crippen molar-refractivity contribution in [2.24, 2.45) is 5.92 Å². The van der Waals surface area contributed by atoms with Crippen molar-refractivity contribution in [1.82, 2.24) is 25.8 Å². The van der Waals surface area contributed by atoms with Crippen LogP contribution in [0.4, 0.5) is 15.9 Å². The van der Waals surface area contributed by atoms with Gasteiger partial charge in [0.2, 0.25) is 11.8 Å². The standard InChI is InChI=1S/C18H22FN7O2/c1-3-15(27)21-14-8-10(2)24-26(14)18-22-16-13(17(28)23-18)9-20-25(16)12-6-4-11(19)5-7-12/h4-8,13,16,18,20,22H,3,9H2,1-2H3,(H,21,27)(H,23,28). The molecule has 4 N–H and O–H groups in total. The van der Waals surface area contributed by atoms with Crippen LogP contribution in [-0.2, 0) is 9.59 Å². The molecule has 3 atom stereocenters. The van der Waals surface area contributed by atoms with E-state index in [0.29, 0.717) is 24.5 Å². The van der Waals surface area contributed by atoms with Crippen molar-refractivity contribution in [2.75, 3.05) is 16.9 Å². The molecule has 2 saturated heterocycles. The first-order valence-corrected chi connectivity index (χ1v) is 9.17. The Morgan fingerprint density at radius 3 is 2.82 bits per heavy atom. The van der Waals surface area contributed by atoms with Gasteiger partial charge in [-0.3, -0.25) is 19.9 Å². The fourth-order valence-corrected chi connectivity index (χ4v) is 3.48. The van der Waals surface area contributed by atoms with Crippen LogP contribution >= 0.6 is 0 Å². The van der Waals surface area contributed by atoms with E-state index in [1.165, 1.54) is 12.1 Å². The monoisotopic (exact) mass is 387 g/mol. The van der Waals surface area contributed by atoms with Crippen LogP contribution in [0, 0.1) is 18.7 Å². The van der Waals surface area contributed by atoms with Crippen molar-refractivity contribution in [1.29, 1.82) is 0 Å². The second-order valence-electron chi connectivity index (χ2n) is 6.86. The van der Waals surface area contributed by atoms with E-state index in [1.54, 1.807) is 29.8 Å². The highest BCUT2D eigenvalue weighted by Gasteiger charge is 2.45. The predicted molar refractivity (Wildman–Crippen MR) is 100 cm³/mol. The van der Waals surface area contributed by atoms with Gasteiger partial charge in [-0.05, 0) is 31.2 Å². The average Bonchev–Trinajstić information content (AvgIpc) is 3.26. The molecule has 2 aliphatic rings. The van der Waals surface area contributed by atoms with Gasteiger partial charge in [0, 0.05) is 19.0 Å². The molecule has 3 heterocycles. The normalized spacial score (nSPS) is 24.0. The van der Waals surface area contributed by atoms with Crippen molar-refractivity contribution >= 4 is 23.3 Å². The van der Waals surface area contributed by atoms with Gasteiger partial charge in [0.25, 0.3) is 0 Å². The summed E-state index contributed by atoms with van der Waals surface area (Å²) in [7, 11) is 0. The number of nitrogens with one attached hydrogen (secondary N) is 4. The van der Waals surface area contributed by atoms with Gasteiger partial charge in [0.1, 0.15) is 17.8 Å². The quantitative estimate of drug-likeness (QED) is 0.620. The lowest BCUT2D eigenvalue weighted by Crippen LogP contribution is -2.61. The van der Waals surface area contributed by atoms with E-state index in [0.717, 1.165) is 5.69 Å². The molecule has 2 fully saturated rings. The van der Waals surface area contributed by atoms with E-state index in [-0.39, 0.29) is 29.7 Å². The molecule has 0 saturated carbocycles. The van der Waals surface area contributed by atoms with Gasteiger partial charge in [-0.25, -0.2) is 14.5 Å². The van der Waals surface area contributed by atoms with E-state index in [2.05, 4.69) is 26.5 Å². The summed E-state index contributed by atoms with van der Waals surface area (Å²) < 4.78 is 14.8. The number of carbonyl (C=O) groups is 2. The molecule has 148 valence electrons. The Balaban J connectivity index is 1.61. The molecular weight excluding hydrogens is 365 g/mol. The third-order valence-corrected chi connectivity index (χ3v) is 4.88. The largest absolute Gasteiger partial charge is 0.321 e. The summed E-state index contributed by atoms with van der Waals surface area (Å²) >= 11 is 0. The third-order valence-electron chi connectivity index (χ3n) is 4.88. The van der Waals surface area contributed by atoms with E-state index in [4.69, 9.17) is 0 Å². The maximum absolute atomic E-state index is 13.3. The van der Waals surface area contributed by atoms with Crippen molar-refractivity contribution in [3.05, 3.63) is 41.8 Å². The minimum Gasteiger partial charge on any atom is -0.321 e. The van der Waals surface area contributed by atoms with Crippen LogP contribution in [0.15, 0.2) is 30.3 Å². The summed E-state index contributed by atoms with van der Waals surface area (Å²) in [4.78, 5) is 24.5. The SMILES string of the molecule is CCC(=O)Nc1cc(C)nn1C1NC(=O)C2CNN(c3ccc(F)cc3)C2N1. The van der Waals surface area contributed by atoms with Crippen LogP contribution in [0.2, 0.25) is 0 Å². The Hall–Kier alpha value is -2.98. The lowest BCUT2D eigenvalue weighted by Gasteiger charge is -2.37. The summed E-state index contributed by atoms with van der Waals surface area (Å²) in [6, 6.07) is 7.80. The Labute approximate surface area is 161 Å². The Bertz CT molecular complexity index is 898. The number of nitrogens with zero attached hydrogens (tertiary/aromatic N) is 3. The Morgan fingerprint density at radius 1 is 1.36 bits per heavy atom. The highest BCUT2D eigenvalue weighted by Crippen LogP contribution is 2.28. The van der Waals surface area contributed by atoms with Crippen molar-refractivity contribution < 1.29 is 14.0 Å². The molecular formula is C18H22FN7O2. The molecule has 0 aliphatic carbocycles. The lowest BCUT2D eigenvalue weighted by molar-refractivity contribution is -0.129. The maximum atomic E-state index is 13.3. The smallest absolute Gasteiger partial charge is 0.230 e. The fourth-order valence-electron chi connectivity index (χ4n) is 3.48. The molecule has 2 aliphatic heterocycles. The van der Waals surface area contributed by atoms with Gasteiger partial charge in [0.05, 0.1) is 17.3 Å². The molecule has 9 nitrogen and oxygen atoms in total. The number of halogens is 1. The number of anilines is 2. The number of rotatable bonds is 4. The number of aryl methyl sites for hydroxylation is 1. The van der Waals surface area contributed by atoms with Crippen LogP contribution in [-0.4, -0.2) is 34.3 Å². The summed E-state index contributed by atoms with van der Waals surface area (Å²) in [5.41, 5.74) is 4.64. The zero-order chi connectivity index (χ0) is 19.8. The second kappa shape index (κ2) is 7.21. The van der Waals surface area contributed by atoms with Crippen LogP contribution < -0.4 is 26.4 Å². The molecule has 10 heteroatoms. The first-order valence-electron chi connectivity index (χ1n) is 9.17. The van der Waals surface area contributed by atoms with Gasteiger partial charge in [-0.2, -0.15) is 5.10 Å². The summed E-state index contributed by atoms with van der Waals surface area (Å²) in [6.07, 6.45) is -0.664. The number of fused-ring (bicyclic) bond motifs is 1. The molecule has 0 bridgehead atoms. The third kappa shape index (κ3) is 3.32. The van der Waals surface area contributed by atoms with Crippen molar-refractivity contribution in [3.8, 4) is 0 Å². The number of hydrogen-bond donors (Lipinski definition) is 4. The minimum atomic E-state index is -0.641. The zero-order valence-corrected chi connectivity index (χ0v) is 15.6. The predicted octanol–water partition coefficient (Wildman–Crippen LogP) is 0.822. The molecule has 3 unspecified atom stereocenters. The van der Waals surface area contributed by atoms with E-state index in [9.17, 15) is 14.0 Å². The van der Waals surface area contributed by atoms with Gasteiger partial charge in [-0.15, -0.1) is 0 Å². The number of hydrazine groups is 1. The minimum absolute atomic E-state index is 0.133. The number of carbonyl (C=O) groups excluding carboxylic acids is 2. The van der Waals surface area contributed by atoms with Crippen molar-refractivity contribution in [3.63, 3.8) is 0 Å². The highest BCUT2D eigenvalue weighted by molar-refractivity contribution is 5.89. The van der Waals surface area contributed by atoms with E-state index < -0.39 is 6.29 Å². The topological polar surface area (TPSA) is 103 Å².